The molecule has 3 N–H and O–H groups in total. The van der Waals surface area contributed by atoms with E-state index in [2.05, 4.69) is 16.9 Å². The molecule has 1 atom stereocenters. The van der Waals surface area contributed by atoms with Crippen LogP contribution in [0.2, 0.25) is 0 Å². The zero-order valence-electron chi connectivity index (χ0n) is 7.50. The minimum Gasteiger partial charge on any atom is -0.347 e. The van der Waals surface area contributed by atoms with Gasteiger partial charge in [-0.3, -0.25) is 0 Å². The Balaban J connectivity index is 2.52. The van der Waals surface area contributed by atoms with Gasteiger partial charge in [0.2, 0.25) is 0 Å². The van der Waals surface area contributed by atoms with E-state index in [9.17, 15) is 0 Å². The molecule has 0 saturated carbocycles. The van der Waals surface area contributed by atoms with Gasteiger partial charge in [0.25, 0.3) is 0 Å². The molecule has 4 heteroatoms. The van der Waals surface area contributed by atoms with Crippen molar-refractivity contribution in [3.8, 4) is 0 Å². The van der Waals surface area contributed by atoms with Crippen LogP contribution in [-0.4, -0.2) is 22.3 Å². The van der Waals surface area contributed by atoms with Crippen LogP contribution in [0.25, 0.3) is 0 Å². The maximum Gasteiger partial charge on any atom is 0.0925 e. The predicted molar refractivity (Wildman–Crippen MR) is 53.3 cm³/mol. The summed E-state index contributed by atoms with van der Waals surface area (Å²) < 4.78 is 0. The van der Waals surface area contributed by atoms with E-state index in [-0.39, 0.29) is 0 Å². The van der Waals surface area contributed by atoms with Crippen molar-refractivity contribution in [1.29, 1.82) is 0 Å². The van der Waals surface area contributed by atoms with E-state index in [1.165, 1.54) is 5.69 Å². The van der Waals surface area contributed by atoms with E-state index in [1.54, 1.807) is 6.33 Å². The molecule has 0 spiro atoms. The third-order valence-corrected chi connectivity index (χ3v) is 2.97. The molecule has 0 aromatic carbocycles. The van der Waals surface area contributed by atoms with Crippen molar-refractivity contribution in [3.05, 3.63) is 17.7 Å². The second kappa shape index (κ2) is 4.52. The molecule has 0 aliphatic heterocycles. The van der Waals surface area contributed by atoms with Crippen LogP contribution >= 0.6 is 11.8 Å². The molecule has 0 fully saturated rings. The largest absolute Gasteiger partial charge is 0.347 e. The van der Waals surface area contributed by atoms with Gasteiger partial charge in [0.15, 0.2) is 0 Å². The first-order valence-corrected chi connectivity index (χ1v) is 5.12. The minimum atomic E-state index is 0.469. The smallest absolute Gasteiger partial charge is 0.0925 e. The Morgan fingerprint density at radius 2 is 2.50 bits per heavy atom. The molecule has 12 heavy (non-hydrogen) atoms. The van der Waals surface area contributed by atoms with Crippen LogP contribution in [0.5, 0.6) is 0 Å². The molecule has 0 aliphatic carbocycles. The van der Waals surface area contributed by atoms with E-state index in [0.29, 0.717) is 5.25 Å². The van der Waals surface area contributed by atoms with Gasteiger partial charge < -0.3 is 10.7 Å². The molecule has 68 valence electrons. The summed E-state index contributed by atoms with van der Waals surface area (Å²) in [7, 11) is 0. The number of nitrogens with one attached hydrogen (secondary N) is 1. The second-order valence-electron chi connectivity index (χ2n) is 2.70. The first-order chi connectivity index (χ1) is 5.75. The molecule has 0 amide bonds. The number of rotatable bonds is 4. The Bertz CT molecular complexity index is 234. The van der Waals surface area contributed by atoms with Gasteiger partial charge in [-0.05, 0) is 13.8 Å². The molecule has 1 heterocycles. The fourth-order valence-corrected chi connectivity index (χ4v) is 2.01. The first kappa shape index (κ1) is 9.61. The van der Waals surface area contributed by atoms with Gasteiger partial charge in [-0.25, -0.2) is 4.98 Å². The highest BCUT2D eigenvalue weighted by atomic mass is 32.2. The lowest BCUT2D eigenvalue weighted by Crippen LogP contribution is -2.03. The van der Waals surface area contributed by atoms with Crippen molar-refractivity contribution in [3.63, 3.8) is 0 Å². The monoisotopic (exact) mass is 185 g/mol. The van der Waals surface area contributed by atoms with Gasteiger partial charge in [-0.1, -0.05) is 0 Å². The predicted octanol–water partition coefficient (Wildman–Crippen LogP) is 1.47. The molecular weight excluding hydrogens is 170 g/mol. The number of aromatic amines is 1. The quantitative estimate of drug-likeness (QED) is 0.747. The number of aromatic nitrogens is 2. The van der Waals surface area contributed by atoms with Gasteiger partial charge in [0.1, 0.15) is 0 Å². The van der Waals surface area contributed by atoms with Crippen molar-refractivity contribution in [2.75, 3.05) is 12.3 Å². The first-order valence-electron chi connectivity index (χ1n) is 4.07. The Kier molecular flexibility index (Phi) is 3.62. The number of nitrogens with zero attached hydrogens (tertiary/aromatic N) is 1. The van der Waals surface area contributed by atoms with Crippen LogP contribution < -0.4 is 5.73 Å². The van der Waals surface area contributed by atoms with Gasteiger partial charge >= 0.3 is 0 Å². The van der Waals surface area contributed by atoms with Crippen LogP contribution in [0.4, 0.5) is 0 Å². The van der Waals surface area contributed by atoms with Gasteiger partial charge in [-0.2, -0.15) is 11.8 Å². The summed E-state index contributed by atoms with van der Waals surface area (Å²) in [5.41, 5.74) is 7.73. The van der Waals surface area contributed by atoms with Gasteiger partial charge in [0.05, 0.1) is 17.7 Å². The Morgan fingerprint density at radius 1 is 1.75 bits per heavy atom. The summed E-state index contributed by atoms with van der Waals surface area (Å²) in [6.07, 6.45) is 1.74. The molecule has 0 saturated heterocycles. The summed E-state index contributed by atoms with van der Waals surface area (Å²) in [6, 6.07) is 0. The van der Waals surface area contributed by atoms with E-state index in [1.807, 2.05) is 18.7 Å². The average Bonchev–Trinajstić information content (AvgIpc) is 2.47. The third-order valence-electron chi connectivity index (χ3n) is 1.76. The lowest BCUT2D eigenvalue weighted by atomic mass is 10.3. The van der Waals surface area contributed by atoms with Crippen molar-refractivity contribution in [1.82, 2.24) is 9.97 Å². The Labute approximate surface area is 77.1 Å². The van der Waals surface area contributed by atoms with Gasteiger partial charge in [0, 0.05) is 17.5 Å². The Hall–Kier alpha value is -0.480. The number of hydrogen-bond donors (Lipinski definition) is 2. The molecule has 0 radical (unpaired) electrons. The van der Waals surface area contributed by atoms with E-state index in [4.69, 9.17) is 5.73 Å². The normalized spacial score (nSPS) is 13.2. The summed E-state index contributed by atoms with van der Waals surface area (Å²) in [4.78, 5) is 7.29. The van der Waals surface area contributed by atoms with E-state index < -0.39 is 0 Å². The summed E-state index contributed by atoms with van der Waals surface area (Å²) >= 11 is 1.85. The van der Waals surface area contributed by atoms with Crippen molar-refractivity contribution < 1.29 is 0 Å². The molecular formula is C8H15N3S. The minimum absolute atomic E-state index is 0.469. The van der Waals surface area contributed by atoms with Crippen molar-refractivity contribution >= 4 is 11.8 Å². The fraction of sp³-hybridized carbons (Fsp3) is 0.625. The highest BCUT2D eigenvalue weighted by Crippen LogP contribution is 2.27. The van der Waals surface area contributed by atoms with Gasteiger partial charge in [-0.15, -0.1) is 0 Å². The molecule has 1 aromatic heterocycles. The van der Waals surface area contributed by atoms with Crippen molar-refractivity contribution in [2.24, 2.45) is 5.73 Å². The third kappa shape index (κ3) is 2.25. The SMILES string of the molecule is Cc1nc[nH]c1C(C)SCCN. The summed E-state index contributed by atoms with van der Waals surface area (Å²) in [5, 5.41) is 0.469. The maximum absolute atomic E-state index is 5.42. The molecule has 0 bridgehead atoms. The van der Waals surface area contributed by atoms with Crippen LogP contribution in [0.15, 0.2) is 6.33 Å². The topological polar surface area (TPSA) is 54.7 Å². The fourth-order valence-electron chi connectivity index (χ4n) is 1.11. The molecule has 1 rings (SSSR count). The second-order valence-corrected chi connectivity index (χ2v) is 4.15. The summed E-state index contributed by atoms with van der Waals surface area (Å²) in [5.74, 6) is 1.000. The average molecular weight is 185 g/mol. The Morgan fingerprint density at radius 3 is 3.00 bits per heavy atom. The number of imidazole rings is 1. The lowest BCUT2D eigenvalue weighted by Gasteiger charge is -2.08. The number of H-pyrrole nitrogens is 1. The molecule has 3 nitrogen and oxygen atoms in total. The number of hydrogen-bond acceptors (Lipinski definition) is 3. The van der Waals surface area contributed by atoms with Crippen LogP contribution in [-0.2, 0) is 0 Å². The van der Waals surface area contributed by atoms with Crippen LogP contribution in [0, 0.1) is 6.92 Å². The maximum atomic E-state index is 5.42. The van der Waals surface area contributed by atoms with E-state index in [0.717, 1.165) is 18.0 Å². The zero-order chi connectivity index (χ0) is 8.97. The number of thioether (sulfide) groups is 1. The highest BCUT2D eigenvalue weighted by Gasteiger charge is 2.09. The molecule has 0 aliphatic rings. The molecule has 1 unspecified atom stereocenters. The molecule has 1 aromatic rings. The lowest BCUT2D eigenvalue weighted by molar-refractivity contribution is 1.00. The standard InChI is InChI=1S/C8H15N3S/c1-6-8(11-5-10-6)7(2)12-4-3-9/h5,7H,3-4,9H2,1-2H3,(H,10,11). The van der Waals surface area contributed by atoms with Crippen LogP contribution in [0.1, 0.15) is 23.6 Å². The summed E-state index contributed by atoms with van der Waals surface area (Å²) in [6.45, 7) is 4.92. The van der Waals surface area contributed by atoms with E-state index >= 15 is 0 Å². The van der Waals surface area contributed by atoms with Crippen LogP contribution in [0.3, 0.4) is 0 Å². The number of aryl methyl sites for hydroxylation is 1. The highest BCUT2D eigenvalue weighted by molar-refractivity contribution is 7.99. The van der Waals surface area contributed by atoms with Crippen molar-refractivity contribution in [2.45, 2.75) is 19.1 Å². The zero-order valence-corrected chi connectivity index (χ0v) is 8.32. The number of nitrogens with two attached hydrogens (primary N) is 1.